The number of halogens is 1. The van der Waals surface area contributed by atoms with E-state index in [9.17, 15) is 14.0 Å². The third kappa shape index (κ3) is 5.54. The van der Waals surface area contributed by atoms with Crippen LogP contribution in [-0.4, -0.2) is 79.6 Å². The van der Waals surface area contributed by atoms with E-state index in [0.29, 0.717) is 74.3 Å². The van der Waals surface area contributed by atoms with Crippen molar-refractivity contribution in [2.75, 3.05) is 45.2 Å². The summed E-state index contributed by atoms with van der Waals surface area (Å²) in [6, 6.07) is 3.41. The first-order valence-electron chi connectivity index (χ1n) is 12.3. The minimum absolute atomic E-state index is 0.00713. The molecule has 4 aliphatic rings. The summed E-state index contributed by atoms with van der Waals surface area (Å²) >= 11 is 0. The first-order chi connectivity index (χ1) is 17.9. The summed E-state index contributed by atoms with van der Waals surface area (Å²) in [7, 11) is 1.54. The molecule has 1 aromatic heterocycles. The lowest BCUT2D eigenvalue weighted by Crippen LogP contribution is -2.35. The summed E-state index contributed by atoms with van der Waals surface area (Å²) in [5, 5.41) is 6.05. The van der Waals surface area contributed by atoms with E-state index < -0.39 is 0 Å². The topological polar surface area (TPSA) is 144 Å². The number of aromatic nitrogens is 1. The summed E-state index contributed by atoms with van der Waals surface area (Å²) in [5.41, 5.74) is 7.61. The molecule has 37 heavy (non-hydrogen) atoms. The lowest BCUT2D eigenvalue weighted by Gasteiger charge is -2.25. The lowest BCUT2D eigenvalue weighted by atomic mass is 9.94. The number of carbonyl (C=O) groups excluding carboxylic acids is 2. The summed E-state index contributed by atoms with van der Waals surface area (Å²) in [5.74, 6) is 0.151. The number of fused-ring (bicyclic) bond motifs is 2. The van der Waals surface area contributed by atoms with Gasteiger partial charge in [0.1, 0.15) is 5.83 Å². The smallest absolute Gasteiger partial charge is 0.263 e. The number of allylic oxidation sites excluding steroid dienone is 1. The Morgan fingerprint density at radius 3 is 3.05 bits per heavy atom. The Balaban J connectivity index is 1.17. The predicted molar refractivity (Wildman–Crippen MR) is 135 cm³/mol. The summed E-state index contributed by atoms with van der Waals surface area (Å²) in [6.07, 6.45) is 4.20. The number of methoxy groups -OCH3 is 1. The van der Waals surface area contributed by atoms with Gasteiger partial charge in [0.25, 0.3) is 5.91 Å². The molecule has 11 nitrogen and oxygen atoms in total. The van der Waals surface area contributed by atoms with E-state index in [-0.39, 0.29) is 42.1 Å². The Labute approximate surface area is 213 Å². The first-order valence-corrected chi connectivity index (χ1v) is 12.3. The maximum atomic E-state index is 14.7. The van der Waals surface area contributed by atoms with Gasteiger partial charge < -0.3 is 30.7 Å². The number of carbonyl (C=O) groups is 2. The van der Waals surface area contributed by atoms with Crippen molar-refractivity contribution in [3.8, 4) is 5.75 Å². The van der Waals surface area contributed by atoms with E-state index in [1.807, 2.05) is 12.1 Å². The van der Waals surface area contributed by atoms with Crippen LogP contribution in [0.25, 0.3) is 0 Å². The van der Waals surface area contributed by atoms with Crippen molar-refractivity contribution in [2.45, 2.75) is 25.4 Å². The standard InChI is InChI=1S/C25H30FN7O4/c1-36-22-5-3-19-23(32-22)16(18(26)10-29-19)6-7-33-11-14(17(12-33)24(27)35)8-28-9-15-2-4-20-25(30-15)31-21(34)13-37-20/h2,4-5,10,14,17,19,28H,3,6-9,11-13H2,1H3,(H2,27,35)(H,30,31,34)/t14-,17+,19?/m0/s1. The molecule has 0 aliphatic carbocycles. The molecule has 0 spiro atoms. The number of nitrogens with two attached hydrogens (primary N) is 1. The number of nitrogens with zero attached hydrogens (tertiary/aromatic N) is 4. The fourth-order valence-electron chi connectivity index (χ4n) is 5.13. The fourth-order valence-corrected chi connectivity index (χ4v) is 5.13. The molecule has 0 bridgehead atoms. The third-order valence-corrected chi connectivity index (χ3v) is 7.04. The van der Waals surface area contributed by atoms with Crippen LogP contribution < -0.4 is 21.1 Å². The van der Waals surface area contributed by atoms with Gasteiger partial charge in [0.2, 0.25) is 11.8 Å². The van der Waals surface area contributed by atoms with Gasteiger partial charge in [0, 0.05) is 38.3 Å². The third-order valence-electron chi connectivity index (χ3n) is 7.04. The van der Waals surface area contributed by atoms with Crippen LogP contribution >= 0.6 is 0 Å². The number of hydrogen-bond donors (Lipinski definition) is 3. The highest BCUT2D eigenvalue weighted by Gasteiger charge is 2.37. The number of ether oxygens (including phenoxy) is 2. The Bertz CT molecular complexity index is 1210. The number of hydrogen-bond acceptors (Lipinski definition) is 9. The van der Waals surface area contributed by atoms with E-state index in [0.717, 1.165) is 5.69 Å². The minimum Gasteiger partial charge on any atom is -0.481 e. The number of nitrogens with one attached hydrogen (secondary N) is 2. The summed E-state index contributed by atoms with van der Waals surface area (Å²) in [6.45, 7) is 2.75. The van der Waals surface area contributed by atoms with Crippen molar-refractivity contribution in [2.24, 2.45) is 27.6 Å². The average Bonchev–Trinajstić information content (AvgIpc) is 3.31. The first kappa shape index (κ1) is 25.0. The van der Waals surface area contributed by atoms with Crippen LogP contribution in [0, 0.1) is 11.8 Å². The van der Waals surface area contributed by atoms with Crippen LogP contribution in [0.15, 0.2) is 45.5 Å². The normalized spacial score (nSPS) is 25.0. The van der Waals surface area contributed by atoms with Gasteiger partial charge in [-0.1, -0.05) is 0 Å². The van der Waals surface area contributed by atoms with Crippen LogP contribution in [0.2, 0.25) is 0 Å². The molecule has 0 saturated carbocycles. The fraction of sp³-hybridized carbons (Fsp3) is 0.480. The number of anilines is 1. The van der Waals surface area contributed by atoms with Gasteiger partial charge in [-0.05, 0) is 37.0 Å². The van der Waals surface area contributed by atoms with Crippen molar-refractivity contribution >= 4 is 29.6 Å². The Morgan fingerprint density at radius 2 is 2.24 bits per heavy atom. The van der Waals surface area contributed by atoms with Gasteiger partial charge in [-0.2, -0.15) is 0 Å². The van der Waals surface area contributed by atoms with E-state index in [1.54, 1.807) is 13.2 Å². The SMILES string of the molecule is COC1=CCC2N=CC(F)=C(CCN3C[C@H](CNCc4ccc5c(n4)NC(=O)CO5)[C@H](C(N)=O)C3)C2=N1. The molecular weight excluding hydrogens is 481 g/mol. The second-order valence-corrected chi connectivity index (χ2v) is 9.50. The van der Waals surface area contributed by atoms with Crippen molar-refractivity contribution in [1.82, 2.24) is 15.2 Å². The van der Waals surface area contributed by atoms with Crippen LogP contribution in [-0.2, 0) is 20.9 Å². The van der Waals surface area contributed by atoms with Crippen LogP contribution in [0.5, 0.6) is 5.75 Å². The van der Waals surface area contributed by atoms with E-state index in [4.69, 9.17) is 15.2 Å². The van der Waals surface area contributed by atoms with Crippen molar-refractivity contribution in [1.29, 1.82) is 0 Å². The molecule has 4 aliphatic heterocycles. The zero-order valence-corrected chi connectivity index (χ0v) is 20.6. The zero-order valence-electron chi connectivity index (χ0n) is 20.6. The number of likely N-dealkylation sites (tertiary alicyclic amines) is 1. The minimum atomic E-state index is -0.379. The van der Waals surface area contributed by atoms with Crippen molar-refractivity contribution < 1.29 is 23.5 Å². The molecule has 0 radical (unpaired) electrons. The maximum Gasteiger partial charge on any atom is 0.263 e. The number of amides is 2. The Morgan fingerprint density at radius 1 is 1.38 bits per heavy atom. The molecule has 196 valence electrons. The second-order valence-electron chi connectivity index (χ2n) is 9.50. The Hall–Kier alpha value is -3.64. The van der Waals surface area contributed by atoms with E-state index >= 15 is 0 Å². The van der Waals surface area contributed by atoms with Gasteiger partial charge in [-0.3, -0.25) is 14.6 Å². The van der Waals surface area contributed by atoms with Gasteiger partial charge in [-0.25, -0.2) is 14.4 Å². The number of primary amides is 1. The highest BCUT2D eigenvalue weighted by atomic mass is 19.1. The molecule has 0 aromatic carbocycles. The molecular formula is C25H30FN7O4. The number of rotatable bonds is 9. The van der Waals surface area contributed by atoms with Crippen molar-refractivity contribution in [3.05, 3.63) is 41.2 Å². The molecule has 1 fully saturated rings. The number of aliphatic imine (C=N–C) groups is 2. The second kappa shape index (κ2) is 10.8. The quantitative estimate of drug-likeness (QED) is 0.448. The zero-order chi connectivity index (χ0) is 25.9. The van der Waals surface area contributed by atoms with Crippen LogP contribution in [0.4, 0.5) is 10.2 Å². The summed E-state index contributed by atoms with van der Waals surface area (Å²) in [4.78, 5) is 39.0. The molecule has 5 heterocycles. The highest BCUT2D eigenvalue weighted by molar-refractivity contribution is 6.11. The monoisotopic (exact) mass is 511 g/mol. The average molecular weight is 512 g/mol. The van der Waals surface area contributed by atoms with E-state index in [1.165, 1.54) is 6.21 Å². The molecule has 3 atom stereocenters. The van der Waals surface area contributed by atoms with Gasteiger partial charge in [-0.15, -0.1) is 0 Å². The van der Waals surface area contributed by atoms with Crippen molar-refractivity contribution in [3.63, 3.8) is 0 Å². The molecule has 12 heteroatoms. The molecule has 1 unspecified atom stereocenters. The maximum absolute atomic E-state index is 14.7. The largest absolute Gasteiger partial charge is 0.481 e. The molecule has 5 rings (SSSR count). The van der Waals surface area contributed by atoms with Gasteiger partial charge in [0.15, 0.2) is 18.2 Å². The van der Waals surface area contributed by atoms with Gasteiger partial charge in [0.05, 0.1) is 36.7 Å². The van der Waals surface area contributed by atoms with Crippen LogP contribution in [0.3, 0.4) is 0 Å². The number of dihydropyridines is 1. The van der Waals surface area contributed by atoms with Crippen LogP contribution in [0.1, 0.15) is 18.5 Å². The molecule has 1 aromatic rings. The summed E-state index contributed by atoms with van der Waals surface area (Å²) < 4.78 is 25.3. The number of pyridine rings is 1. The highest BCUT2D eigenvalue weighted by Crippen LogP contribution is 2.29. The lowest BCUT2D eigenvalue weighted by molar-refractivity contribution is -0.122. The van der Waals surface area contributed by atoms with E-state index in [2.05, 4.69) is 30.5 Å². The molecule has 2 amide bonds. The molecule has 1 saturated heterocycles. The molecule has 4 N–H and O–H groups in total. The Kier molecular flexibility index (Phi) is 7.28. The van der Waals surface area contributed by atoms with Gasteiger partial charge >= 0.3 is 0 Å². The predicted octanol–water partition coefficient (Wildman–Crippen LogP) is 0.935.